The Hall–Kier alpha value is -2.76. The highest BCUT2D eigenvalue weighted by atomic mass is 19.1. The Labute approximate surface area is 145 Å². The first-order valence-corrected chi connectivity index (χ1v) is 7.92. The minimum atomic E-state index is -0.938. The Morgan fingerprint density at radius 3 is 2.32 bits per heavy atom. The molecule has 0 aliphatic rings. The molecule has 2 aromatic rings. The fourth-order valence-corrected chi connectivity index (χ4v) is 2.34. The highest BCUT2D eigenvalue weighted by Crippen LogP contribution is 2.17. The van der Waals surface area contributed by atoms with Gasteiger partial charge in [-0.25, -0.2) is 8.78 Å². The number of aryl methyl sites for hydroxylation is 1. The van der Waals surface area contributed by atoms with E-state index in [1.807, 2.05) is 0 Å². The van der Waals surface area contributed by atoms with Crippen molar-refractivity contribution < 1.29 is 18.4 Å². The zero-order chi connectivity index (χ0) is 18.6. The second-order valence-electron chi connectivity index (χ2n) is 6.15. The number of rotatable bonds is 5. The van der Waals surface area contributed by atoms with E-state index in [0.29, 0.717) is 0 Å². The van der Waals surface area contributed by atoms with Crippen LogP contribution in [0, 0.1) is 24.5 Å². The van der Waals surface area contributed by atoms with Gasteiger partial charge in [-0.05, 0) is 42.7 Å². The highest BCUT2D eigenvalue weighted by molar-refractivity contribution is 6.01. The number of nitrogens with one attached hydrogen (secondary N) is 2. The summed E-state index contributed by atoms with van der Waals surface area (Å²) in [5.74, 6) is -2.78. The molecule has 0 fully saturated rings. The molecule has 0 saturated heterocycles. The van der Waals surface area contributed by atoms with Gasteiger partial charge in [0, 0.05) is 0 Å². The van der Waals surface area contributed by atoms with Gasteiger partial charge in [-0.3, -0.25) is 9.59 Å². The fraction of sp³-hybridized carbons (Fsp3) is 0.263. The van der Waals surface area contributed by atoms with Gasteiger partial charge in [-0.2, -0.15) is 0 Å². The van der Waals surface area contributed by atoms with Gasteiger partial charge in [0.25, 0.3) is 5.91 Å². The summed E-state index contributed by atoms with van der Waals surface area (Å²) >= 11 is 0. The number of carbonyl (C=O) groups is 2. The third kappa shape index (κ3) is 4.62. The smallest absolute Gasteiger partial charge is 0.254 e. The lowest BCUT2D eigenvalue weighted by Crippen LogP contribution is -2.47. The molecular formula is C19H20F2N2O2. The van der Waals surface area contributed by atoms with Gasteiger partial charge in [0.15, 0.2) is 0 Å². The summed E-state index contributed by atoms with van der Waals surface area (Å²) < 4.78 is 27.5. The van der Waals surface area contributed by atoms with Crippen LogP contribution in [0.1, 0.15) is 29.8 Å². The Bertz CT molecular complexity index is 791. The van der Waals surface area contributed by atoms with Gasteiger partial charge in [0.05, 0.1) is 11.3 Å². The molecule has 25 heavy (non-hydrogen) atoms. The summed E-state index contributed by atoms with van der Waals surface area (Å²) in [7, 11) is 0. The van der Waals surface area contributed by atoms with Crippen molar-refractivity contribution in [2.45, 2.75) is 26.8 Å². The molecule has 0 aliphatic carbocycles. The molecular weight excluding hydrogens is 326 g/mol. The number of amides is 2. The van der Waals surface area contributed by atoms with Crippen molar-refractivity contribution in [2.75, 3.05) is 5.32 Å². The van der Waals surface area contributed by atoms with Crippen LogP contribution >= 0.6 is 0 Å². The van der Waals surface area contributed by atoms with E-state index in [2.05, 4.69) is 10.6 Å². The van der Waals surface area contributed by atoms with Gasteiger partial charge in [-0.1, -0.05) is 32.0 Å². The van der Waals surface area contributed by atoms with E-state index in [1.54, 1.807) is 26.8 Å². The number of carbonyl (C=O) groups excluding carboxylic acids is 2. The number of benzene rings is 2. The molecule has 0 aromatic heterocycles. The molecule has 0 spiro atoms. The van der Waals surface area contributed by atoms with Crippen molar-refractivity contribution >= 4 is 17.5 Å². The average Bonchev–Trinajstić information content (AvgIpc) is 2.55. The van der Waals surface area contributed by atoms with Crippen molar-refractivity contribution in [1.82, 2.24) is 5.32 Å². The number of anilines is 1. The molecule has 4 nitrogen and oxygen atoms in total. The third-order valence-electron chi connectivity index (χ3n) is 3.73. The Kier molecular flexibility index (Phi) is 5.85. The molecule has 1 unspecified atom stereocenters. The minimum Gasteiger partial charge on any atom is -0.340 e. The van der Waals surface area contributed by atoms with Crippen LogP contribution in [0.2, 0.25) is 0 Å². The van der Waals surface area contributed by atoms with Crippen LogP contribution in [0.4, 0.5) is 14.5 Å². The van der Waals surface area contributed by atoms with E-state index < -0.39 is 29.5 Å². The fourth-order valence-electron chi connectivity index (χ4n) is 2.34. The maximum atomic E-state index is 13.8. The van der Waals surface area contributed by atoms with E-state index >= 15 is 0 Å². The van der Waals surface area contributed by atoms with Crippen molar-refractivity contribution in [3.63, 3.8) is 0 Å². The van der Waals surface area contributed by atoms with Gasteiger partial charge in [0.2, 0.25) is 5.91 Å². The lowest BCUT2D eigenvalue weighted by atomic mass is 10.0. The molecule has 0 bridgehead atoms. The lowest BCUT2D eigenvalue weighted by Gasteiger charge is -2.22. The normalized spacial score (nSPS) is 11.9. The van der Waals surface area contributed by atoms with E-state index in [1.165, 1.54) is 36.4 Å². The zero-order valence-electron chi connectivity index (χ0n) is 14.3. The molecule has 6 heteroatoms. The van der Waals surface area contributed by atoms with Crippen molar-refractivity contribution in [1.29, 1.82) is 0 Å². The summed E-state index contributed by atoms with van der Waals surface area (Å²) in [6.07, 6.45) is 0. The van der Waals surface area contributed by atoms with Gasteiger partial charge in [0.1, 0.15) is 17.7 Å². The summed E-state index contributed by atoms with van der Waals surface area (Å²) in [6, 6.07) is 8.92. The van der Waals surface area contributed by atoms with Gasteiger partial charge >= 0.3 is 0 Å². The molecule has 1 atom stereocenters. The SMILES string of the molecule is Cc1ccc(F)c(NC(=O)C(NC(=O)c2ccccc2F)C(C)C)c1. The van der Waals surface area contributed by atoms with Crippen LogP contribution in [0.3, 0.4) is 0 Å². The number of hydrogen-bond donors (Lipinski definition) is 2. The average molecular weight is 346 g/mol. The van der Waals surface area contributed by atoms with E-state index in [9.17, 15) is 18.4 Å². The molecule has 132 valence electrons. The minimum absolute atomic E-state index is 0.0378. The maximum Gasteiger partial charge on any atom is 0.254 e. The van der Waals surface area contributed by atoms with E-state index in [-0.39, 0.29) is 17.2 Å². The predicted octanol–water partition coefficient (Wildman–Crippen LogP) is 3.67. The Morgan fingerprint density at radius 2 is 1.68 bits per heavy atom. The zero-order valence-corrected chi connectivity index (χ0v) is 14.3. The lowest BCUT2D eigenvalue weighted by molar-refractivity contribution is -0.118. The summed E-state index contributed by atoms with van der Waals surface area (Å²) in [5.41, 5.74) is 0.673. The van der Waals surface area contributed by atoms with Crippen molar-refractivity contribution in [3.05, 3.63) is 65.2 Å². The summed E-state index contributed by atoms with van der Waals surface area (Å²) in [4.78, 5) is 24.7. The highest BCUT2D eigenvalue weighted by Gasteiger charge is 2.26. The Balaban J connectivity index is 2.17. The molecule has 0 radical (unpaired) electrons. The monoisotopic (exact) mass is 346 g/mol. The number of hydrogen-bond acceptors (Lipinski definition) is 2. The first kappa shape index (κ1) is 18.6. The van der Waals surface area contributed by atoms with Gasteiger partial charge < -0.3 is 10.6 Å². The van der Waals surface area contributed by atoms with Crippen molar-refractivity contribution in [2.24, 2.45) is 5.92 Å². The quantitative estimate of drug-likeness (QED) is 0.868. The first-order valence-electron chi connectivity index (χ1n) is 7.92. The molecule has 2 rings (SSSR count). The van der Waals surface area contributed by atoms with Crippen LogP contribution < -0.4 is 10.6 Å². The molecule has 0 heterocycles. The second kappa shape index (κ2) is 7.88. The van der Waals surface area contributed by atoms with Gasteiger partial charge in [-0.15, -0.1) is 0 Å². The van der Waals surface area contributed by atoms with Crippen LogP contribution in [-0.2, 0) is 4.79 Å². The molecule has 2 amide bonds. The van der Waals surface area contributed by atoms with E-state index in [4.69, 9.17) is 0 Å². The third-order valence-corrected chi connectivity index (χ3v) is 3.73. The van der Waals surface area contributed by atoms with Crippen LogP contribution in [0.25, 0.3) is 0 Å². The molecule has 2 aromatic carbocycles. The molecule has 0 aliphatic heterocycles. The molecule has 0 saturated carbocycles. The van der Waals surface area contributed by atoms with Crippen molar-refractivity contribution in [3.8, 4) is 0 Å². The largest absolute Gasteiger partial charge is 0.340 e. The number of halogens is 2. The van der Waals surface area contributed by atoms with E-state index in [0.717, 1.165) is 5.56 Å². The predicted molar refractivity (Wildman–Crippen MR) is 92.3 cm³/mol. The summed E-state index contributed by atoms with van der Waals surface area (Å²) in [6.45, 7) is 5.24. The standard InChI is InChI=1S/C19H20F2N2O2/c1-11(2)17(23-18(24)13-6-4-5-7-14(13)20)19(25)22-16-10-12(3)8-9-15(16)21/h4-11,17H,1-3H3,(H,22,25)(H,23,24). The second-order valence-corrected chi connectivity index (χ2v) is 6.15. The Morgan fingerprint density at radius 1 is 1.00 bits per heavy atom. The van der Waals surface area contributed by atoms with Crippen LogP contribution in [-0.4, -0.2) is 17.9 Å². The maximum absolute atomic E-state index is 13.8. The first-order chi connectivity index (χ1) is 11.8. The van der Waals surface area contributed by atoms with Crippen LogP contribution in [0.5, 0.6) is 0 Å². The van der Waals surface area contributed by atoms with Crippen LogP contribution in [0.15, 0.2) is 42.5 Å². The summed E-state index contributed by atoms with van der Waals surface area (Å²) in [5, 5.41) is 5.00. The molecule has 2 N–H and O–H groups in total. The topological polar surface area (TPSA) is 58.2 Å².